The van der Waals surface area contributed by atoms with E-state index in [-0.39, 0.29) is 11.3 Å². The molecule has 0 amide bonds. The molecule has 0 saturated heterocycles. The summed E-state index contributed by atoms with van der Waals surface area (Å²) < 4.78 is 41.2. The molecule has 2 aromatic carbocycles. The van der Waals surface area contributed by atoms with E-state index in [1.807, 2.05) is 26.0 Å². The summed E-state index contributed by atoms with van der Waals surface area (Å²) in [5.74, 6) is -1.87. The van der Waals surface area contributed by atoms with Crippen molar-refractivity contribution in [2.75, 3.05) is 0 Å². The summed E-state index contributed by atoms with van der Waals surface area (Å²) in [6.07, 6.45) is 0. The van der Waals surface area contributed by atoms with E-state index in [4.69, 9.17) is 11.8 Å². The van der Waals surface area contributed by atoms with E-state index in [9.17, 15) is 13.2 Å². The maximum absolute atomic E-state index is 13.3. The highest BCUT2D eigenvalue weighted by atomic mass is 127. The summed E-state index contributed by atoms with van der Waals surface area (Å²) in [5.41, 5.74) is 2.87. The van der Waals surface area contributed by atoms with Crippen molar-refractivity contribution in [1.29, 1.82) is 5.26 Å². The summed E-state index contributed by atoms with van der Waals surface area (Å²) in [6.45, 7) is 10.8. The van der Waals surface area contributed by atoms with E-state index >= 15 is 0 Å². The lowest BCUT2D eigenvalue weighted by molar-refractivity contribution is 0.582. The van der Waals surface area contributed by atoms with Crippen LogP contribution in [-0.4, -0.2) is 20.0 Å². The minimum Gasteiger partial charge on any atom is -0.282 e. The van der Waals surface area contributed by atoms with Crippen molar-refractivity contribution in [3.63, 3.8) is 0 Å². The van der Waals surface area contributed by atoms with Crippen LogP contribution in [0.2, 0.25) is 0 Å². The number of nitrogens with one attached hydrogen (secondary N) is 1. The number of aromatic nitrogens is 4. The number of aryl methyl sites for hydroxylation is 2. The lowest BCUT2D eigenvalue weighted by Gasteiger charge is -2.04. The standard InChI is InChI=1S/C11H7FIN3.C7H3F2N.C4H5IN2/c1-7-3-11(13)15-16(7)10-5-8(12)4-9(6-10)14-2;8-6-1-5(4-10)2-7(9)3-6;1-3-2-4(5)7-6-3/h3-6H,1H3;1-3H;2H,1H3,(H,6,7). The highest BCUT2D eigenvalue weighted by molar-refractivity contribution is 14.1. The van der Waals surface area contributed by atoms with Crippen molar-refractivity contribution in [1.82, 2.24) is 20.0 Å². The Hall–Kier alpha value is -2.91. The Morgan fingerprint density at radius 2 is 1.58 bits per heavy atom. The van der Waals surface area contributed by atoms with Crippen molar-refractivity contribution >= 4 is 50.9 Å². The molecule has 2 aromatic heterocycles. The first kappa shape index (κ1) is 26.3. The number of nitrogens with zero attached hydrogens (tertiary/aromatic N) is 5. The zero-order valence-electron chi connectivity index (χ0n) is 17.2. The Bertz CT molecular complexity index is 1300. The molecule has 11 heteroatoms. The molecule has 6 nitrogen and oxygen atoms in total. The summed E-state index contributed by atoms with van der Waals surface area (Å²) in [6, 6.07) is 12.4. The number of halogens is 5. The molecular formula is C22H15F3I2N6. The number of benzene rings is 2. The Kier molecular flexibility index (Phi) is 9.87. The number of nitriles is 1. The highest BCUT2D eigenvalue weighted by Gasteiger charge is 2.07. The molecule has 4 rings (SSSR count). The second-order valence-corrected chi connectivity index (χ2v) is 8.65. The van der Waals surface area contributed by atoms with Gasteiger partial charge in [-0.1, -0.05) is 0 Å². The Morgan fingerprint density at radius 1 is 0.939 bits per heavy atom. The van der Waals surface area contributed by atoms with Crippen LogP contribution in [0.15, 0.2) is 48.5 Å². The molecule has 168 valence electrons. The summed E-state index contributed by atoms with van der Waals surface area (Å²) in [4.78, 5) is 3.22. The van der Waals surface area contributed by atoms with Crippen molar-refractivity contribution in [2.45, 2.75) is 13.8 Å². The van der Waals surface area contributed by atoms with E-state index in [1.54, 1.807) is 16.8 Å². The predicted octanol–water partition coefficient (Wildman–Crippen LogP) is 6.63. The molecule has 0 aliphatic rings. The molecule has 0 radical (unpaired) electrons. The molecule has 0 atom stereocenters. The van der Waals surface area contributed by atoms with Gasteiger partial charge in [0.1, 0.15) is 24.9 Å². The second kappa shape index (κ2) is 12.4. The zero-order chi connectivity index (χ0) is 24.5. The summed E-state index contributed by atoms with van der Waals surface area (Å²) >= 11 is 4.25. The molecule has 0 spiro atoms. The van der Waals surface area contributed by atoms with Gasteiger partial charge in [-0.15, -0.1) is 0 Å². The number of rotatable bonds is 1. The van der Waals surface area contributed by atoms with Gasteiger partial charge >= 0.3 is 0 Å². The van der Waals surface area contributed by atoms with Gasteiger partial charge in [-0.05, 0) is 101 Å². The van der Waals surface area contributed by atoms with Crippen LogP contribution < -0.4 is 0 Å². The van der Waals surface area contributed by atoms with Crippen LogP contribution in [0, 0.1) is 56.6 Å². The molecule has 0 aliphatic heterocycles. The first-order chi connectivity index (χ1) is 15.6. The summed E-state index contributed by atoms with van der Waals surface area (Å²) in [5, 5.41) is 19.1. The molecule has 0 unspecified atom stereocenters. The maximum atomic E-state index is 13.3. The molecule has 0 saturated carbocycles. The molecular weight excluding hydrogens is 659 g/mol. The van der Waals surface area contributed by atoms with E-state index in [1.165, 1.54) is 12.1 Å². The van der Waals surface area contributed by atoms with Gasteiger partial charge in [0.05, 0.1) is 23.9 Å². The Labute approximate surface area is 215 Å². The van der Waals surface area contributed by atoms with Gasteiger partial charge in [0.2, 0.25) is 0 Å². The van der Waals surface area contributed by atoms with Crippen LogP contribution >= 0.6 is 45.2 Å². The van der Waals surface area contributed by atoms with E-state index in [0.717, 1.165) is 37.0 Å². The predicted molar refractivity (Wildman–Crippen MR) is 134 cm³/mol. The second-order valence-electron chi connectivity index (χ2n) is 6.44. The molecule has 33 heavy (non-hydrogen) atoms. The van der Waals surface area contributed by atoms with Gasteiger partial charge in [0.25, 0.3) is 0 Å². The average molecular weight is 674 g/mol. The fourth-order valence-corrected chi connectivity index (χ4v) is 3.70. The first-order valence-corrected chi connectivity index (χ1v) is 11.2. The van der Waals surface area contributed by atoms with Gasteiger partial charge in [-0.3, -0.25) is 5.10 Å². The lowest BCUT2D eigenvalue weighted by atomic mass is 10.2. The van der Waals surface area contributed by atoms with E-state index in [2.05, 4.69) is 65.3 Å². The quantitative estimate of drug-likeness (QED) is 0.182. The molecule has 4 aromatic rings. The maximum Gasteiger partial charge on any atom is 0.192 e. The van der Waals surface area contributed by atoms with E-state index in [0.29, 0.717) is 5.69 Å². The molecule has 1 N–H and O–H groups in total. The SMILES string of the molecule is Cc1cc(I)n[nH]1.N#Cc1cc(F)cc(F)c1.[C-]#[N+]c1cc(F)cc(-n2nc(I)cc2C)c1. The van der Waals surface area contributed by atoms with Crippen LogP contribution in [0.1, 0.15) is 17.0 Å². The largest absolute Gasteiger partial charge is 0.282 e. The number of aromatic amines is 1. The molecule has 0 fully saturated rings. The van der Waals surface area contributed by atoms with Crippen molar-refractivity contribution in [2.24, 2.45) is 0 Å². The van der Waals surface area contributed by atoms with Gasteiger partial charge < -0.3 is 0 Å². The Balaban J connectivity index is 0.000000193. The van der Waals surface area contributed by atoms with Crippen LogP contribution in [0.25, 0.3) is 10.5 Å². The van der Waals surface area contributed by atoms with Gasteiger partial charge in [-0.2, -0.15) is 15.5 Å². The van der Waals surface area contributed by atoms with Crippen LogP contribution in [0.4, 0.5) is 18.9 Å². The fourth-order valence-electron chi connectivity index (χ4n) is 2.45. The van der Waals surface area contributed by atoms with Crippen LogP contribution in [0.3, 0.4) is 0 Å². The smallest absolute Gasteiger partial charge is 0.192 e. The fraction of sp³-hybridized carbons (Fsp3) is 0.0909. The highest BCUT2D eigenvalue weighted by Crippen LogP contribution is 2.21. The molecule has 0 aliphatic carbocycles. The summed E-state index contributed by atoms with van der Waals surface area (Å²) in [7, 11) is 0. The zero-order valence-corrected chi connectivity index (χ0v) is 21.6. The van der Waals surface area contributed by atoms with Crippen LogP contribution in [-0.2, 0) is 0 Å². The van der Waals surface area contributed by atoms with Crippen molar-refractivity contribution < 1.29 is 13.2 Å². The Morgan fingerprint density at radius 3 is 2.00 bits per heavy atom. The first-order valence-electron chi connectivity index (χ1n) is 9.05. The minimum absolute atomic E-state index is 0.00231. The third kappa shape index (κ3) is 8.51. The van der Waals surface area contributed by atoms with Gasteiger partial charge in [0.15, 0.2) is 5.69 Å². The van der Waals surface area contributed by atoms with Crippen molar-refractivity contribution in [3.05, 3.63) is 102 Å². The number of hydrogen-bond acceptors (Lipinski definition) is 3. The van der Waals surface area contributed by atoms with Crippen LogP contribution in [0.5, 0.6) is 0 Å². The van der Waals surface area contributed by atoms with Gasteiger partial charge in [0, 0.05) is 17.5 Å². The van der Waals surface area contributed by atoms with E-state index < -0.39 is 17.5 Å². The number of hydrogen-bond donors (Lipinski definition) is 1. The topological polar surface area (TPSA) is 74.7 Å². The van der Waals surface area contributed by atoms with Gasteiger partial charge in [-0.25, -0.2) is 22.7 Å². The normalized spacial score (nSPS) is 9.61. The minimum atomic E-state index is -0.725. The average Bonchev–Trinajstić information content (AvgIpc) is 3.30. The third-order valence-electron chi connectivity index (χ3n) is 3.76. The van der Waals surface area contributed by atoms with Crippen molar-refractivity contribution in [3.8, 4) is 11.8 Å². The monoisotopic (exact) mass is 674 g/mol. The lowest BCUT2D eigenvalue weighted by Crippen LogP contribution is -1.99. The number of H-pyrrole nitrogens is 1. The molecule has 0 bridgehead atoms. The molecule has 2 heterocycles. The third-order valence-corrected chi connectivity index (χ3v) is 4.84.